The van der Waals surface area contributed by atoms with Crippen molar-refractivity contribution < 1.29 is 0 Å². The molecule has 0 spiro atoms. The molecule has 1 rings (SSSR count). The van der Waals surface area contributed by atoms with E-state index in [1.54, 1.807) is 0 Å². The summed E-state index contributed by atoms with van der Waals surface area (Å²) in [6.45, 7) is 5.01. The summed E-state index contributed by atoms with van der Waals surface area (Å²) in [6, 6.07) is 4.25. The van der Waals surface area contributed by atoms with Crippen LogP contribution in [0.5, 0.6) is 0 Å². The van der Waals surface area contributed by atoms with Gasteiger partial charge in [0.2, 0.25) is 0 Å². The minimum atomic E-state index is 0.755. The standard InChI is InChI=1S/C12H14BrN/c1-4-5-6-14-12-8-11(13)9(2)7-10(12)3/h1,7-8,14H,5-6H2,2-3H3. The van der Waals surface area contributed by atoms with E-state index >= 15 is 0 Å². The molecule has 0 saturated heterocycles. The van der Waals surface area contributed by atoms with Gasteiger partial charge in [0, 0.05) is 23.1 Å². The van der Waals surface area contributed by atoms with Crippen molar-refractivity contribution in [2.24, 2.45) is 0 Å². The van der Waals surface area contributed by atoms with E-state index in [0.29, 0.717) is 0 Å². The van der Waals surface area contributed by atoms with Crippen molar-refractivity contribution in [2.75, 3.05) is 11.9 Å². The van der Waals surface area contributed by atoms with Gasteiger partial charge in [0.25, 0.3) is 0 Å². The summed E-state index contributed by atoms with van der Waals surface area (Å²) in [5, 5.41) is 3.31. The lowest BCUT2D eigenvalue weighted by Crippen LogP contribution is -2.02. The van der Waals surface area contributed by atoms with Crippen LogP contribution in [0.25, 0.3) is 0 Å². The first kappa shape index (κ1) is 11.1. The Kier molecular flexibility index (Phi) is 4.03. The maximum Gasteiger partial charge on any atom is 0.0381 e. The van der Waals surface area contributed by atoms with Gasteiger partial charge in [0.1, 0.15) is 0 Å². The van der Waals surface area contributed by atoms with Crippen LogP contribution < -0.4 is 5.32 Å². The summed E-state index contributed by atoms with van der Waals surface area (Å²) in [4.78, 5) is 0. The third-order valence-corrected chi connectivity index (χ3v) is 2.94. The zero-order chi connectivity index (χ0) is 10.6. The molecule has 0 amide bonds. The minimum absolute atomic E-state index is 0.755. The molecule has 0 fully saturated rings. The summed E-state index contributed by atoms with van der Waals surface area (Å²) in [7, 11) is 0. The number of terminal acetylenes is 1. The number of hydrogen-bond donors (Lipinski definition) is 1. The molecular weight excluding hydrogens is 238 g/mol. The van der Waals surface area contributed by atoms with Crippen LogP contribution in [-0.2, 0) is 0 Å². The molecule has 1 aromatic carbocycles. The molecular formula is C12H14BrN. The summed E-state index contributed by atoms with van der Waals surface area (Å²) < 4.78 is 1.13. The predicted molar refractivity (Wildman–Crippen MR) is 65.6 cm³/mol. The fourth-order valence-corrected chi connectivity index (χ4v) is 1.63. The van der Waals surface area contributed by atoms with E-state index in [4.69, 9.17) is 6.42 Å². The van der Waals surface area contributed by atoms with Gasteiger partial charge in [-0.2, -0.15) is 0 Å². The molecule has 0 unspecified atom stereocenters. The van der Waals surface area contributed by atoms with Gasteiger partial charge in [-0.05, 0) is 31.0 Å². The fraction of sp³-hybridized carbons (Fsp3) is 0.333. The highest BCUT2D eigenvalue weighted by Gasteiger charge is 2.01. The molecule has 0 aliphatic heterocycles. The minimum Gasteiger partial charge on any atom is -0.384 e. The van der Waals surface area contributed by atoms with E-state index in [-0.39, 0.29) is 0 Å². The van der Waals surface area contributed by atoms with Gasteiger partial charge in [-0.25, -0.2) is 0 Å². The molecule has 0 aliphatic rings. The highest BCUT2D eigenvalue weighted by Crippen LogP contribution is 2.24. The summed E-state index contributed by atoms with van der Waals surface area (Å²) in [5.74, 6) is 2.61. The number of rotatable bonds is 3. The van der Waals surface area contributed by atoms with Crippen LogP contribution in [0.15, 0.2) is 16.6 Å². The Hall–Kier alpha value is -0.940. The van der Waals surface area contributed by atoms with Gasteiger partial charge in [-0.1, -0.05) is 22.0 Å². The van der Waals surface area contributed by atoms with Gasteiger partial charge in [0.15, 0.2) is 0 Å². The fourth-order valence-electron chi connectivity index (χ4n) is 1.29. The summed E-state index contributed by atoms with van der Waals surface area (Å²) >= 11 is 3.51. The smallest absolute Gasteiger partial charge is 0.0381 e. The zero-order valence-electron chi connectivity index (χ0n) is 8.52. The van der Waals surface area contributed by atoms with Crippen LogP contribution in [0.4, 0.5) is 5.69 Å². The molecule has 0 aliphatic carbocycles. The van der Waals surface area contributed by atoms with Crippen LogP contribution in [0, 0.1) is 26.2 Å². The first-order valence-electron chi connectivity index (χ1n) is 4.59. The predicted octanol–water partition coefficient (Wildman–Crippen LogP) is 3.50. The van der Waals surface area contributed by atoms with Crippen LogP contribution in [0.2, 0.25) is 0 Å². The van der Waals surface area contributed by atoms with Crippen molar-refractivity contribution in [1.29, 1.82) is 0 Å². The van der Waals surface area contributed by atoms with Crippen molar-refractivity contribution >= 4 is 21.6 Å². The molecule has 0 atom stereocenters. The molecule has 1 aromatic rings. The monoisotopic (exact) mass is 251 g/mol. The molecule has 0 heterocycles. The van der Waals surface area contributed by atoms with Crippen molar-refractivity contribution in [3.8, 4) is 12.3 Å². The van der Waals surface area contributed by atoms with E-state index in [0.717, 1.165) is 23.1 Å². The molecule has 0 aromatic heterocycles. The average molecular weight is 252 g/mol. The summed E-state index contributed by atoms with van der Waals surface area (Å²) in [5.41, 5.74) is 3.66. The van der Waals surface area contributed by atoms with Gasteiger partial charge < -0.3 is 5.32 Å². The lowest BCUT2D eigenvalue weighted by Gasteiger charge is -2.10. The number of hydrogen-bond acceptors (Lipinski definition) is 1. The first-order chi connectivity index (χ1) is 6.65. The second-order valence-electron chi connectivity index (χ2n) is 3.30. The number of aryl methyl sites for hydroxylation is 2. The maximum atomic E-state index is 5.19. The maximum absolute atomic E-state index is 5.19. The molecule has 1 N–H and O–H groups in total. The third-order valence-electron chi connectivity index (χ3n) is 2.09. The second kappa shape index (κ2) is 5.07. The zero-order valence-corrected chi connectivity index (χ0v) is 10.1. The number of halogens is 1. The average Bonchev–Trinajstić information content (AvgIpc) is 2.14. The van der Waals surface area contributed by atoms with Crippen LogP contribution in [0.1, 0.15) is 17.5 Å². The number of anilines is 1. The molecule has 2 heteroatoms. The Balaban J connectivity index is 2.78. The number of nitrogens with one attached hydrogen (secondary N) is 1. The molecule has 74 valence electrons. The van der Waals surface area contributed by atoms with Crippen molar-refractivity contribution in [3.05, 3.63) is 27.7 Å². The van der Waals surface area contributed by atoms with Crippen molar-refractivity contribution in [1.82, 2.24) is 0 Å². The SMILES string of the molecule is C#CCCNc1cc(Br)c(C)cc1C. The lowest BCUT2D eigenvalue weighted by atomic mass is 10.1. The van der Waals surface area contributed by atoms with Gasteiger partial charge in [-0.15, -0.1) is 12.3 Å². The van der Waals surface area contributed by atoms with Gasteiger partial charge in [0.05, 0.1) is 0 Å². The van der Waals surface area contributed by atoms with E-state index in [2.05, 4.69) is 53.1 Å². The largest absolute Gasteiger partial charge is 0.384 e. The molecule has 0 radical (unpaired) electrons. The highest BCUT2D eigenvalue weighted by molar-refractivity contribution is 9.10. The van der Waals surface area contributed by atoms with Gasteiger partial charge in [-0.3, -0.25) is 0 Å². The third kappa shape index (κ3) is 2.78. The van der Waals surface area contributed by atoms with E-state index < -0.39 is 0 Å². The normalized spacial score (nSPS) is 9.57. The van der Waals surface area contributed by atoms with Crippen molar-refractivity contribution in [2.45, 2.75) is 20.3 Å². The Morgan fingerprint density at radius 1 is 1.36 bits per heavy atom. The topological polar surface area (TPSA) is 12.0 Å². The molecule has 0 bridgehead atoms. The lowest BCUT2D eigenvalue weighted by molar-refractivity contribution is 1.09. The Morgan fingerprint density at radius 3 is 2.71 bits per heavy atom. The van der Waals surface area contributed by atoms with E-state index in [9.17, 15) is 0 Å². The highest BCUT2D eigenvalue weighted by atomic mass is 79.9. The molecule has 14 heavy (non-hydrogen) atoms. The van der Waals surface area contributed by atoms with Crippen LogP contribution >= 0.6 is 15.9 Å². The Bertz CT molecular complexity index is 363. The van der Waals surface area contributed by atoms with Crippen molar-refractivity contribution in [3.63, 3.8) is 0 Å². The molecule has 1 nitrogen and oxygen atoms in total. The molecule has 0 saturated carbocycles. The quantitative estimate of drug-likeness (QED) is 0.641. The van der Waals surface area contributed by atoms with E-state index in [1.807, 2.05) is 0 Å². The van der Waals surface area contributed by atoms with Gasteiger partial charge >= 0.3 is 0 Å². The Morgan fingerprint density at radius 2 is 2.07 bits per heavy atom. The van der Waals surface area contributed by atoms with Crippen LogP contribution in [-0.4, -0.2) is 6.54 Å². The first-order valence-corrected chi connectivity index (χ1v) is 5.38. The Labute approximate surface area is 94.0 Å². The number of benzene rings is 1. The summed E-state index contributed by atoms with van der Waals surface area (Å²) in [6.07, 6.45) is 5.94. The van der Waals surface area contributed by atoms with E-state index in [1.165, 1.54) is 11.1 Å². The van der Waals surface area contributed by atoms with Crippen LogP contribution in [0.3, 0.4) is 0 Å². The second-order valence-corrected chi connectivity index (χ2v) is 4.15.